The van der Waals surface area contributed by atoms with Gasteiger partial charge in [-0.1, -0.05) is 92.6 Å². The summed E-state index contributed by atoms with van der Waals surface area (Å²) in [5.41, 5.74) is 5.43. The van der Waals surface area contributed by atoms with Gasteiger partial charge in [-0.05, 0) is 80.2 Å². The monoisotopic (exact) mass is 417 g/mol. The van der Waals surface area contributed by atoms with Gasteiger partial charge in [0.25, 0.3) is 0 Å². The van der Waals surface area contributed by atoms with E-state index in [4.69, 9.17) is 0 Å². The Hall–Kier alpha value is -0.520. The highest BCUT2D eigenvalue weighted by Gasteiger charge is 2.34. The van der Waals surface area contributed by atoms with E-state index in [-0.39, 0.29) is 0 Å². The van der Waals surface area contributed by atoms with Crippen LogP contribution in [-0.4, -0.2) is 13.1 Å². The fraction of sp³-hybridized carbons (Fsp3) is 0.897. The molecule has 30 heavy (non-hydrogen) atoms. The molecule has 1 aliphatic carbocycles. The highest BCUT2D eigenvalue weighted by molar-refractivity contribution is 5.09. The zero-order valence-corrected chi connectivity index (χ0v) is 21.5. The van der Waals surface area contributed by atoms with Crippen LogP contribution in [0.15, 0.2) is 17.9 Å². The van der Waals surface area contributed by atoms with E-state index in [0.29, 0.717) is 11.3 Å². The average molecular weight is 418 g/mol. The first-order valence-electron chi connectivity index (χ1n) is 13.5. The van der Waals surface area contributed by atoms with Crippen molar-refractivity contribution < 1.29 is 0 Å². The van der Waals surface area contributed by atoms with Crippen LogP contribution in [0.1, 0.15) is 131 Å². The van der Waals surface area contributed by atoms with Crippen LogP contribution in [0.3, 0.4) is 0 Å². The van der Waals surface area contributed by atoms with Crippen LogP contribution in [0.25, 0.3) is 0 Å². The third kappa shape index (κ3) is 11.2. The molecule has 0 aromatic rings. The van der Waals surface area contributed by atoms with Crippen molar-refractivity contribution >= 4 is 0 Å². The minimum absolute atomic E-state index is 0.466. The van der Waals surface area contributed by atoms with Gasteiger partial charge in [0.15, 0.2) is 0 Å². The lowest BCUT2D eigenvalue weighted by atomic mass is 9.65. The maximum atomic E-state index is 4.15. The Labute approximate surface area is 190 Å². The second-order valence-electron chi connectivity index (χ2n) is 10.9. The van der Waals surface area contributed by atoms with Gasteiger partial charge in [-0.15, -0.1) is 5.73 Å². The van der Waals surface area contributed by atoms with Gasteiger partial charge in [-0.3, -0.25) is 0 Å². The van der Waals surface area contributed by atoms with E-state index in [1.54, 1.807) is 0 Å². The molecule has 1 aliphatic rings. The lowest BCUT2D eigenvalue weighted by Gasteiger charge is -2.40. The second-order valence-corrected chi connectivity index (χ2v) is 10.9. The molecule has 1 heteroatoms. The summed E-state index contributed by atoms with van der Waals surface area (Å²) in [4.78, 5) is 0. The summed E-state index contributed by atoms with van der Waals surface area (Å²) in [5, 5.41) is 3.80. The third-order valence-electron chi connectivity index (χ3n) is 7.77. The lowest BCUT2D eigenvalue weighted by Crippen LogP contribution is -2.30. The van der Waals surface area contributed by atoms with Crippen LogP contribution in [0.2, 0.25) is 0 Å². The molecule has 0 aromatic carbocycles. The summed E-state index contributed by atoms with van der Waals surface area (Å²) in [7, 11) is 0. The first-order valence-corrected chi connectivity index (χ1v) is 13.5. The van der Waals surface area contributed by atoms with Crippen molar-refractivity contribution in [3.8, 4) is 0 Å². The Morgan fingerprint density at radius 3 is 2.13 bits per heavy atom. The molecule has 176 valence electrons. The fourth-order valence-corrected chi connectivity index (χ4v) is 5.34. The molecule has 0 saturated heterocycles. The predicted octanol–water partition coefficient (Wildman–Crippen LogP) is 9.09. The zero-order valence-electron chi connectivity index (χ0n) is 21.5. The Morgan fingerprint density at radius 1 is 0.967 bits per heavy atom. The normalized spacial score (nSPS) is 22.8. The van der Waals surface area contributed by atoms with Gasteiger partial charge < -0.3 is 5.32 Å². The lowest BCUT2D eigenvalue weighted by molar-refractivity contribution is 0.139. The maximum Gasteiger partial charge on any atom is 0.00230 e. The zero-order chi connectivity index (χ0) is 22.2. The van der Waals surface area contributed by atoms with Gasteiger partial charge in [0.2, 0.25) is 0 Å². The summed E-state index contributed by atoms with van der Waals surface area (Å²) in [6.07, 6.45) is 20.4. The molecule has 0 aromatic heterocycles. The fourth-order valence-electron chi connectivity index (χ4n) is 5.34. The van der Waals surface area contributed by atoms with Gasteiger partial charge in [0, 0.05) is 6.54 Å². The molecule has 1 atom stereocenters. The second kappa shape index (κ2) is 16.2. The Morgan fingerprint density at radius 2 is 1.57 bits per heavy atom. The van der Waals surface area contributed by atoms with Gasteiger partial charge in [-0.25, -0.2) is 0 Å². The minimum Gasteiger partial charge on any atom is -0.316 e. The standard InChI is InChI=1S/C29H55N/c1-7-10-12-14-16-22-30-24-28(17-15-13-11-8-2)26(9-3)23-29(6)20-18-27(19-21-29)25(4)5/h25,27-28,30H,3,7-8,10-24H2,1-2,4-6H3. The molecule has 0 bridgehead atoms. The minimum atomic E-state index is 0.466. The molecule has 0 spiro atoms. The molecular weight excluding hydrogens is 362 g/mol. The Balaban J connectivity index is 2.57. The van der Waals surface area contributed by atoms with E-state index < -0.39 is 0 Å². The summed E-state index contributed by atoms with van der Waals surface area (Å²) in [6.45, 7) is 18.4. The molecule has 1 rings (SSSR count). The van der Waals surface area contributed by atoms with Crippen molar-refractivity contribution in [3.63, 3.8) is 0 Å². The van der Waals surface area contributed by atoms with Crippen molar-refractivity contribution in [2.75, 3.05) is 13.1 Å². The summed E-state index contributed by atoms with van der Waals surface area (Å²) < 4.78 is 0. The van der Waals surface area contributed by atoms with Gasteiger partial charge in [-0.2, -0.15) is 0 Å². The van der Waals surface area contributed by atoms with Crippen molar-refractivity contribution in [1.29, 1.82) is 0 Å². The van der Waals surface area contributed by atoms with E-state index >= 15 is 0 Å². The summed E-state index contributed by atoms with van der Waals surface area (Å²) in [6, 6.07) is 0. The number of hydrogen-bond donors (Lipinski definition) is 1. The van der Waals surface area contributed by atoms with Crippen molar-refractivity contribution in [2.24, 2.45) is 23.2 Å². The highest BCUT2D eigenvalue weighted by Crippen LogP contribution is 2.46. The van der Waals surface area contributed by atoms with E-state index in [1.807, 2.05) is 0 Å². The molecule has 0 aliphatic heterocycles. The number of rotatable bonds is 17. The molecule has 1 nitrogen and oxygen atoms in total. The van der Waals surface area contributed by atoms with E-state index in [2.05, 4.69) is 52.2 Å². The van der Waals surface area contributed by atoms with Gasteiger partial charge in [0.05, 0.1) is 0 Å². The molecular formula is C29H55N. The molecule has 0 amide bonds. The maximum absolute atomic E-state index is 4.15. The molecule has 1 N–H and O–H groups in total. The Bertz CT molecular complexity index is 463. The number of unbranched alkanes of at least 4 members (excludes halogenated alkanes) is 7. The molecule has 0 heterocycles. The van der Waals surface area contributed by atoms with Crippen LogP contribution in [-0.2, 0) is 0 Å². The number of nitrogens with one attached hydrogen (secondary N) is 1. The van der Waals surface area contributed by atoms with Crippen LogP contribution in [0.4, 0.5) is 0 Å². The van der Waals surface area contributed by atoms with Crippen molar-refractivity contribution in [3.05, 3.63) is 17.9 Å². The quantitative estimate of drug-likeness (QED) is 0.184. The smallest absolute Gasteiger partial charge is 0.00230 e. The number of hydrogen-bond acceptors (Lipinski definition) is 1. The first-order chi connectivity index (χ1) is 14.5. The molecule has 1 saturated carbocycles. The SMILES string of the molecule is C=C=C(CC1(C)CCC(C(C)C)CC1)C(CCCCCC)CNCCCCCCC. The summed E-state index contributed by atoms with van der Waals surface area (Å²) >= 11 is 0. The topological polar surface area (TPSA) is 12.0 Å². The first kappa shape index (κ1) is 27.5. The van der Waals surface area contributed by atoms with Crippen LogP contribution >= 0.6 is 0 Å². The molecule has 1 fully saturated rings. The van der Waals surface area contributed by atoms with Crippen LogP contribution in [0.5, 0.6) is 0 Å². The van der Waals surface area contributed by atoms with E-state index in [9.17, 15) is 0 Å². The van der Waals surface area contributed by atoms with Crippen molar-refractivity contribution in [1.82, 2.24) is 5.32 Å². The highest BCUT2D eigenvalue weighted by atomic mass is 14.9. The van der Waals surface area contributed by atoms with Crippen molar-refractivity contribution in [2.45, 2.75) is 131 Å². The third-order valence-corrected chi connectivity index (χ3v) is 7.77. The Kier molecular flexibility index (Phi) is 14.8. The largest absolute Gasteiger partial charge is 0.316 e. The molecule has 0 radical (unpaired) electrons. The summed E-state index contributed by atoms with van der Waals surface area (Å²) in [5.74, 6) is 2.42. The van der Waals surface area contributed by atoms with Crippen LogP contribution in [0, 0.1) is 23.2 Å². The van der Waals surface area contributed by atoms with Gasteiger partial charge >= 0.3 is 0 Å². The molecule has 1 unspecified atom stereocenters. The van der Waals surface area contributed by atoms with Gasteiger partial charge in [0.1, 0.15) is 0 Å². The average Bonchev–Trinajstić information content (AvgIpc) is 2.73. The van der Waals surface area contributed by atoms with E-state index in [1.165, 1.54) is 108 Å². The van der Waals surface area contributed by atoms with Crippen LogP contribution < -0.4 is 5.32 Å². The predicted molar refractivity (Wildman–Crippen MR) is 136 cm³/mol. The van der Waals surface area contributed by atoms with E-state index in [0.717, 1.165) is 18.4 Å².